The molecule has 0 aromatic heterocycles. The van der Waals surface area contributed by atoms with Gasteiger partial charge in [-0.1, -0.05) is 27.7 Å². The van der Waals surface area contributed by atoms with Crippen LogP contribution in [0, 0.1) is 17.8 Å². The summed E-state index contributed by atoms with van der Waals surface area (Å²) in [6.07, 6.45) is 0.748. The Balaban J connectivity index is 2.78. The zero-order valence-electron chi connectivity index (χ0n) is 10.3. The summed E-state index contributed by atoms with van der Waals surface area (Å²) in [6, 6.07) is 0. The third-order valence-corrected chi connectivity index (χ3v) is 3.88. The summed E-state index contributed by atoms with van der Waals surface area (Å²) in [6.45, 7) is 8.55. The second kappa shape index (κ2) is 4.97. The SMILES string of the molecule is CC[C@H]1OC(C(=O)OC)[C@H](C)[C@@H](C)[C@@H]1C. The average Bonchev–Trinajstić information content (AvgIpc) is 2.25. The van der Waals surface area contributed by atoms with Crippen LogP contribution >= 0.6 is 0 Å². The van der Waals surface area contributed by atoms with Crippen LogP contribution in [0.15, 0.2) is 0 Å². The van der Waals surface area contributed by atoms with Gasteiger partial charge in [-0.2, -0.15) is 0 Å². The van der Waals surface area contributed by atoms with Gasteiger partial charge in [-0.3, -0.25) is 0 Å². The van der Waals surface area contributed by atoms with Crippen LogP contribution < -0.4 is 0 Å². The van der Waals surface area contributed by atoms with Gasteiger partial charge < -0.3 is 9.47 Å². The van der Waals surface area contributed by atoms with Crippen LogP contribution in [-0.4, -0.2) is 25.3 Å². The van der Waals surface area contributed by atoms with Gasteiger partial charge >= 0.3 is 5.97 Å². The smallest absolute Gasteiger partial charge is 0.335 e. The maximum absolute atomic E-state index is 11.5. The van der Waals surface area contributed by atoms with E-state index < -0.39 is 0 Å². The maximum Gasteiger partial charge on any atom is 0.335 e. The molecule has 1 aliphatic rings. The van der Waals surface area contributed by atoms with Crippen molar-refractivity contribution in [1.82, 2.24) is 0 Å². The normalized spacial score (nSPS) is 41.3. The van der Waals surface area contributed by atoms with Crippen LogP contribution in [0.3, 0.4) is 0 Å². The number of rotatable bonds is 2. The molecule has 0 bridgehead atoms. The van der Waals surface area contributed by atoms with E-state index in [1.165, 1.54) is 7.11 Å². The molecular formula is C12H22O3. The Labute approximate surface area is 92.1 Å². The highest BCUT2D eigenvalue weighted by atomic mass is 16.6. The Hall–Kier alpha value is -0.570. The predicted octanol–water partition coefficient (Wildman–Crippen LogP) is 2.25. The molecule has 1 heterocycles. The van der Waals surface area contributed by atoms with Gasteiger partial charge in [-0.15, -0.1) is 0 Å². The number of carbonyl (C=O) groups excluding carboxylic acids is 1. The number of methoxy groups -OCH3 is 1. The molecule has 5 atom stereocenters. The number of esters is 1. The molecule has 3 nitrogen and oxygen atoms in total. The first-order valence-electron chi connectivity index (χ1n) is 5.76. The van der Waals surface area contributed by atoms with Crippen molar-refractivity contribution in [2.75, 3.05) is 7.11 Å². The average molecular weight is 214 g/mol. The maximum atomic E-state index is 11.5. The molecule has 3 heteroatoms. The van der Waals surface area contributed by atoms with E-state index in [0.29, 0.717) is 11.8 Å². The van der Waals surface area contributed by atoms with Gasteiger partial charge in [0, 0.05) is 0 Å². The Morgan fingerprint density at radius 1 is 1.20 bits per heavy atom. The molecule has 15 heavy (non-hydrogen) atoms. The Morgan fingerprint density at radius 3 is 2.27 bits per heavy atom. The molecule has 0 spiro atoms. The molecule has 0 amide bonds. The van der Waals surface area contributed by atoms with E-state index >= 15 is 0 Å². The lowest BCUT2D eigenvalue weighted by Crippen LogP contribution is -2.48. The number of hydrogen-bond acceptors (Lipinski definition) is 3. The van der Waals surface area contributed by atoms with Gasteiger partial charge in [-0.25, -0.2) is 4.79 Å². The number of hydrogen-bond donors (Lipinski definition) is 0. The van der Waals surface area contributed by atoms with Crippen LogP contribution in [0.1, 0.15) is 34.1 Å². The fourth-order valence-electron chi connectivity index (χ4n) is 2.38. The highest BCUT2D eigenvalue weighted by Gasteiger charge is 2.41. The summed E-state index contributed by atoms with van der Waals surface area (Å²) >= 11 is 0. The van der Waals surface area contributed by atoms with Crippen molar-refractivity contribution in [1.29, 1.82) is 0 Å². The Kier molecular flexibility index (Phi) is 4.14. The van der Waals surface area contributed by atoms with Crippen LogP contribution in [0.25, 0.3) is 0 Å². The number of carbonyl (C=O) groups is 1. The molecule has 0 radical (unpaired) electrons. The fraction of sp³-hybridized carbons (Fsp3) is 0.917. The summed E-state index contributed by atoms with van der Waals surface area (Å²) < 4.78 is 10.6. The summed E-state index contributed by atoms with van der Waals surface area (Å²) in [5.41, 5.74) is 0. The monoisotopic (exact) mass is 214 g/mol. The van der Waals surface area contributed by atoms with Crippen molar-refractivity contribution in [2.45, 2.75) is 46.3 Å². The van der Waals surface area contributed by atoms with Gasteiger partial charge in [0.05, 0.1) is 13.2 Å². The van der Waals surface area contributed by atoms with Crippen molar-refractivity contribution in [2.24, 2.45) is 17.8 Å². The first kappa shape index (κ1) is 12.5. The summed E-state index contributed by atoms with van der Waals surface area (Å²) in [4.78, 5) is 11.5. The quantitative estimate of drug-likeness (QED) is 0.661. The van der Waals surface area contributed by atoms with Gasteiger partial charge in [-0.05, 0) is 24.2 Å². The molecule has 0 saturated carbocycles. The molecule has 0 aliphatic carbocycles. The lowest BCUT2D eigenvalue weighted by Gasteiger charge is -2.42. The second-order valence-electron chi connectivity index (χ2n) is 4.60. The molecule has 0 aromatic rings. The van der Waals surface area contributed by atoms with E-state index in [1.807, 2.05) is 0 Å². The highest BCUT2D eigenvalue weighted by molar-refractivity contribution is 5.75. The minimum absolute atomic E-state index is 0.181. The van der Waals surface area contributed by atoms with E-state index in [4.69, 9.17) is 9.47 Å². The Bertz CT molecular complexity index is 225. The lowest BCUT2D eigenvalue weighted by molar-refractivity contribution is -0.182. The predicted molar refractivity (Wildman–Crippen MR) is 58.5 cm³/mol. The van der Waals surface area contributed by atoms with Crippen LogP contribution in [0.2, 0.25) is 0 Å². The van der Waals surface area contributed by atoms with Gasteiger partial charge in [0.15, 0.2) is 6.10 Å². The van der Waals surface area contributed by atoms with Gasteiger partial charge in [0.1, 0.15) is 0 Å². The Morgan fingerprint density at radius 2 is 1.80 bits per heavy atom. The molecular weight excluding hydrogens is 192 g/mol. The fourth-order valence-corrected chi connectivity index (χ4v) is 2.38. The largest absolute Gasteiger partial charge is 0.467 e. The molecule has 1 fully saturated rings. The summed E-state index contributed by atoms with van der Waals surface area (Å²) in [7, 11) is 1.42. The van der Waals surface area contributed by atoms with E-state index in [0.717, 1.165) is 6.42 Å². The van der Waals surface area contributed by atoms with Crippen LogP contribution in [0.5, 0.6) is 0 Å². The molecule has 88 valence electrons. The van der Waals surface area contributed by atoms with E-state index in [1.54, 1.807) is 0 Å². The van der Waals surface area contributed by atoms with Gasteiger partial charge in [0.25, 0.3) is 0 Å². The first-order valence-corrected chi connectivity index (χ1v) is 5.76. The summed E-state index contributed by atoms with van der Waals surface area (Å²) in [5, 5.41) is 0. The zero-order valence-corrected chi connectivity index (χ0v) is 10.3. The van der Waals surface area contributed by atoms with E-state index in [-0.39, 0.29) is 24.1 Å². The zero-order chi connectivity index (χ0) is 11.6. The third kappa shape index (κ3) is 2.33. The minimum atomic E-state index is -0.383. The standard InChI is InChI=1S/C12H22O3/c1-6-10-8(3)7(2)9(4)11(15-10)12(13)14-5/h7-11H,6H2,1-5H3/t7-,8-,9+,10+,11?/m0/s1. The van der Waals surface area contributed by atoms with E-state index in [2.05, 4.69) is 27.7 Å². The first-order chi connectivity index (χ1) is 7.02. The molecule has 1 saturated heterocycles. The molecule has 1 rings (SSSR count). The van der Waals surface area contributed by atoms with Crippen molar-refractivity contribution in [3.63, 3.8) is 0 Å². The van der Waals surface area contributed by atoms with Crippen molar-refractivity contribution in [3.05, 3.63) is 0 Å². The topological polar surface area (TPSA) is 35.5 Å². The second-order valence-corrected chi connectivity index (χ2v) is 4.60. The molecule has 1 unspecified atom stereocenters. The van der Waals surface area contributed by atoms with Crippen LogP contribution in [0.4, 0.5) is 0 Å². The lowest BCUT2D eigenvalue weighted by atomic mass is 9.76. The van der Waals surface area contributed by atoms with Gasteiger partial charge in [0.2, 0.25) is 0 Å². The molecule has 1 aliphatic heterocycles. The van der Waals surface area contributed by atoms with Crippen molar-refractivity contribution in [3.8, 4) is 0 Å². The molecule has 0 N–H and O–H groups in total. The van der Waals surface area contributed by atoms with E-state index in [9.17, 15) is 4.79 Å². The van der Waals surface area contributed by atoms with Crippen molar-refractivity contribution >= 4 is 5.97 Å². The number of ether oxygens (including phenoxy) is 2. The van der Waals surface area contributed by atoms with Crippen molar-refractivity contribution < 1.29 is 14.3 Å². The van der Waals surface area contributed by atoms with Crippen LogP contribution in [-0.2, 0) is 14.3 Å². The third-order valence-electron chi connectivity index (χ3n) is 3.88. The highest BCUT2D eigenvalue weighted by Crippen LogP contribution is 2.36. The minimum Gasteiger partial charge on any atom is -0.467 e. The molecule has 0 aromatic carbocycles. The summed E-state index contributed by atoms with van der Waals surface area (Å²) in [5.74, 6) is 0.994.